The quantitative estimate of drug-likeness (QED) is 0.576. The Balaban J connectivity index is 2.91. The van der Waals surface area contributed by atoms with Crippen LogP contribution in [0, 0.1) is 19.3 Å². The first-order valence-corrected chi connectivity index (χ1v) is 4.15. The molecule has 0 bridgehead atoms. The van der Waals surface area contributed by atoms with Crippen LogP contribution in [-0.2, 0) is 4.79 Å². The SMILES string of the molecule is C#CCOc1cc(C)ccc1NC=O. The molecule has 0 unspecified atom stereocenters. The highest BCUT2D eigenvalue weighted by molar-refractivity contribution is 5.75. The molecule has 0 atom stereocenters. The molecule has 1 rings (SSSR count). The van der Waals surface area contributed by atoms with Gasteiger partial charge in [0.25, 0.3) is 0 Å². The van der Waals surface area contributed by atoms with Gasteiger partial charge in [-0.2, -0.15) is 0 Å². The van der Waals surface area contributed by atoms with Crippen LogP contribution in [0.4, 0.5) is 5.69 Å². The minimum atomic E-state index is 0.191. The summed E-state index contributed by atoms with van der Waals surface area (Å²) in [6.45, 7) is 2.13. The number of nitrogens with one attached hydrogen (secondary N) is 1. The van der Waals surface area contributed by atoms with Crippen molar-refractivity contribution in [3.8, 4) is 18.1 Å². The summed E-state index contributed by atoms with van der Waals surface area (Å²) >= 11 is 0. The van der Waals surface area contributed by atoms with E-state index in [4.69, 9.17) is 11.2 Å². The average molecular weight is 189 g/mol. The second kappa shape index (κ2) is 4.93. The lowest BCUT2D eigenvalue weighted by Gasteiger charge is -2.08. The van der Waals surface area contributed by atoms with Crippen molar-refractivity contribution in [2.75, 3.05) is 11.9 Å². The number of aryl methyl sites for hydroxylation is 1. The highest BCUT2D eigenvalue weighted by Crippen LogP contribution is 2.24. The Kier molecular flexibility index (Phi) is 3.57. The van der Waals surface area contributed by atoms with E-state index in [1.165, 1.54) is 0 Å². The summed E-state index contributed by atoms with van der Waals surface area (Å²) in [7, 11) is 0. The van der Waals surface area contributed by atoms with Gasteiger partial charge in [-0.15, -0.1) is 6.42 Å². The molecule has 0 radical (unpaired) electrons. The van der Waals surface area contributed by atoms with Crippen LogP contribution in [0.15, 0.2) is 18.2 Å². The lowest BCUT2D eigenvalue weighted by atomic mass is 10.2. The zero-order valence-electron chi connectivity index (χ0n) is 7.91. The van der Waals surface area contributed by atoms with Crippen molar-refractivity contribution in [1.29, 1.82) is 0 Å². The summed E-state index contributed by atoms with van der Waals surface area (Å²) in [5.74, 6) is 2.96. The number of terminal acetylenes is 1. The van der Waals surface area contributed by atoms with Crippen LogP contribution in [0.5, 0.6) is 5.75 Å². The van der Waals surface area contributed by atoms with E-state index in [2.05, 4.69) is 11.2 Å². The topological polar surface area (TPSA) is 38.3 Å². The molecule has 0 aliphatic rings. The monoisotopic (exact) mass is 189 g/mol. The van der Waals surface area contributed by atoms with E-state index in [0.717, 1.165) is 5.56 Å². The van der Waals surface area contributed by atoms with Crippen LogP contribution in [-0.4, -0.2) is 13.0 Å². The van der Waals surface area contributed by atoms with Crippen LogP contribution in [0.25, 0.3) is 0 Å². The van der Waals surface area contributed by atoms with Gasteiger partial charge in [-0.05, 0) is 24.6 Å². The smallest absolute Gasteiger partial charge is 0.211 e. The Hall–Kier alpha value is -1.95. The van der Waals surface area contributed by atoms with E-state index in [1.807, 2.05) is 19.1 Å². The van der Waals surface area contributed by atoms with E-state index in [1.54, 1.807) is 6.07 Å². The Bertz CT molecular complexity index is 366. The van der Waals surface area contributed by atoms with Gasteiger partial charge in [0.2, 0.25) is 6.41 Å². The summed E-state index contributed by atoms with van der Waals surface area (Å²) in [5, 5.41) is 2.54. The van der Waals surface area contributed by atoms with Crippen molar-refractivity contribution >= 4 is 12.1 Å². The number of hydrogen-bond acceptors (Lipinski definition) is 2. The Morgan fingerprint density at radius 2 is 2.43 bits per heavy atom. The number of ether oxygens (including phenoxy) is 1. The normalized spacial score (nSPS) is 8.86. The predicted octanol–water partition coefficient (Wildman–Crippen LogP) is 1.58. The molecular formula is C11H11NO2. The molecule has 1 amide bonds. The molecule has 0 spiro atoms. The van der Waals surface area contributed by atoms with Crippen LogP contribution < -0.4 is 10.1 Å². The van der Waals surface area contributed by atoms with Gasteiger partial charge < -0.3 is 10.1 Å². The van der Waals surface area contributed by atoms with Crippen LogP contribution >= 0.6 is 0 Å². The molecule has 1 N–H and O–H groups in total. The van der Waals surface area contributed by atoms with Gasteiger partial charge in [0.05, 0.1) is 5.69 Å². The van der Waals surface area contributed by atoms with Gasteiger partial charge in [-0.25, -0.2) is 0 Å². The zero-order chi connectivity index (χ0) is 10.4. The first-order valence-electron chi connectivity index (χ1n) is 4.15. The summed E-state index contributed by atoms with van der Waals surface area (Å²) in [6.07, 6.45) is 5.68. The third kappa shape index (κ3) is 2.53. The molecule has 72 valence electrons. The van der Waals surface area contributed by atoms with Gasteiger partial charge in [0.1, 0.15) is 12.4 Å². The Morgan fingerprint density at radius 3 is 3.07 bits per heavy atom. The molecular weight excluding hydrogens is 178 g/mol. The predicted molar refractivity (Wildman–Crippen MR) is 55.2 cm³/mol. The van der Waals surface area contributed by atoms with Gasteiger partial charge in [0, 0.05) is 0 Å². The first kappa shape index (κ1) is 10.1. The zero-order valence-corrected chi connectivity index (χ0v) is 7.91. The minimum Gasteiger partial charge on any atom is -0.479 e. The van der Waals surface area contributed by atoms with Crippen molar-refractivity contribution < 1.29 is 9.53 Å². The third-order valence-corrected chi connectivity index (χ3v) is 1.66. The molecule has 3 nitrogen and oxygen atoms in total. The number of amides is 1. The van der Waals surface area contributed by atoms with Gasteiger partial charge >= 0.3 is 0 Å². The standard InChI is InChI=1S/C11H11NO2/c1-3-6-14-11-7-9(2)4-5-10(11)12-8-13/h1,4-5,7-8H,6H2,2H3,(H,12,13). The maximum Gasteiger partial charge on any atom is 0.211 e. The van der Waals surface area contributed by atoms with Crippen molar-refractivity contribution in [3.05, 3.63) is 23.8 Å². The maximum atomic E-state index is 10.3. The van der Waals surface area contributed by atoms with E-state index < -0.39 is 0 Å². The maximum absolute atomic E-state index is 10.3. The number of benzene rings is 1. The minimum absolute atomic E-state index is 0.191. The van der Waals surface area contributed by atoms with E-state index in [0.29, 0.717) is 17.8 Å². The molecule has 0 aliphatic carbocycles. The van der Waals surface area contributed by atoms with E-state index >= 15 is 0 Å². The molecule has 14 heavy (non-hydrogen) atoms. The van der Waals surface area contributed by atoms with E-state index in [9.17, 15) is 4.79 Å². The number of carbonyl (C=O) groups excluding carboxylic acids is 1. The van der Waals surface area contributed by atoms with Gasteiger partial charge in [0.15, 0.2) is 0 Å². The lowest BCUT2D eigenvalue weighted by Crippen LogP contribution is -2.00. The second-order valence-corrected chi connectivity index (χ2v) is 2.75. The third-order valence-electron chi connectivity index (χ3n) is 1.66. The molecule has 0 aliphatic heterocycles. The van der Waals surface area contributed by atoms with Crippen LogP contribution in [0.3, 0.4) is 0 Å². The summed E-state index contributed by atoms with van der Waals surface area (Å²) < 4.78 is 5.26. The average Bonchev–Trinajstić information content (AvgIpc) is 2.18. The van der Waals surface area contributed by atoms with Crippen molar-refractivity contribution in [2.24, 2.45) is 0 Å². The summed E-state index contributed by atoms with van der Waals surface area (Å²) in [5.41, 5.74) is 1.68. The molecule has 0 heterocycles. The van der Waals surface area contributed by atoms with Crippen molar-refractivity contribution in [3.63, 3.8) is 0 Å². The fraction of sp³-hybridized carbons (Fsp3) is 0.182. The number of anilines is 1. The van der Waals surface area contributed by atoms with Gasteiger partial charge in [-0.1, -0.05) is 12.0 Å². The highest BCUT2D eigenvalue weighted by Gasteiger charge is 2.02. The summed E-state index contributed by atoms with van der Waals surface area (Å²) in [4.78, 5) is 10.3. The Labute approximate surface area is 83.1 Å². The van der Waals surface area contributed by atoms with Crippen molar-refractivity contribution in [2.45, 2.75) is 6.92 Å². The number of hydrogen-bond donors (Lipinski definition) is 1. The van der Waals surface area contributed by atoms with E-state index in [-0.39, 0.29) is 6.61 Å². The summed E-state index contributed by atoms with van der Waals surface area (Å²) in [6, 6.07) is 5.48. The molecule has 0 fully saturated rings. The fourth-order valence-electron chi connectivity index (χ4n) is 1.05. The van der Waals surface area contributed by atoms with Crippen LogP contribution in [0.1, 0.15) is 5.56 Å². The van der Waals surface area contributed by atoms with Crippen LogP contribution in [0.2, 0.25) is 0 Å². The molecule has 3 heteroatoms. The molecule has 0 saturated heterocycles. The molecule has 1 aromatic rings. The fourth-order valence-corrected chi connectivity index (χ4v) is 1.05. The molecule has 0 saturated carbocycles. The molecule has 1 aromatic carbocycles. The molecule has 0 aromatic heterocycles. The first-order chi connectivity index (χ1) is 6.77. The lowest BCUT2D eigenvalue weighted by molar-refractivity contribution is -0.105. The number of rotatable bonds is 4. The largest absolute Gasteiger partial charge is 0.479 e. The number of carbonyl (C=O) groups is 1. The van der Waals surface area contributed by atoms with Crippen molar-refractivity contribution in [1.82, 2.24) is 0 Å². The highest BCUT2D eigenvalue weighted by atomic mass is 16.5. The van der Waals surface area contributed by atoms with Gasteiger partial charge in [-0.3, -0.25) is 4.79 Å². The second-order valence-electron chi connectivity index (χ2n) is 2.75. The Morgan fingerprint density at radius 1 is 1.64 bits per heavy atom.